The van der Waals surface area contributed by atoms with Gasteiger partial charge in [-0.2, -0.15) is 5.26 Å². The lowest BCUT2D eigenvalue weighted by Crippen LogP contribution is -2.14. The van der Waals surface area contributed by atoms with Crippen molar-refractivity contribution in [3.63, 3.8) is 0 Å². The van der Waals surface area contributed by atoms with Gasteiger partial charge in [-0.25, -0.2) is 4.98 Å². The number of ether oxygens (including phenoxy) is 1. The van der Waals surface area contributed by atoms with Crippen LogP contribution >= 0.6 is 0 Å². The summed E-state index contributed by atoms with van der Waals surface area (Å²) in [5, 5.41) is 12.1. The van der Waals surface area contributed by atoms with E-state index in [4.69, 9.17) is 10.00 Å². The van der Waals surface area contributed by atoms with E-state index < -0.39 is 0 Å². The van der Waals surface area contributed by atoms with Crippen LogP contribution in [0.5, 0.6) is 0 Å². The molecule has 1 unspecified atom stereocenters. The first kappa shape index (κ1) is 9.94. The molecule has 0 aliphatic carbocycles. The molecule has 1 saturated heterocycles. The maximum absolute atomic E-state index is 8.83. The van der Waals surface area contributed by atoms with Crippen LogP contribution in [0.15, 0.2) is 18.3 Å². The van der Waals surface area contributed by atoms with Gasteiger partial charge in [0, 0.05) is 25.3 Å². The maximum Gasteiger partial charge on any atom is 0.163 e. The Balaban J connectivity index is 1.95. The third-order valence-electron chi connectivity index (χ3n) is 2.52. The highest BCUT2D eigenvalue weighted by Gasteiger charge is 2.15. The highest BCUT2D eigenvalue weighted by atomic mass is 16.5. The van der Waals surface area contributed by atoms with Crippen LogP contribution in [0.1, 0.15) is 12.1 Å². The lowest BCUT2D eigenvalue weighted by atomic mass is 10.1. The van der Waals surface area contributed by atoms with Crippen molar-refractivity contribution in [3.8, 4) is 6.07 Å². The molecule has 1 atom stereocenters. The molecule has 2 rings (SSSR count). The number of hydrogen-bond acceptors (Lipinski definition) is 4. The van der Waals surface area contributed by atoms with Crippen LogP contribution in [-0.4, -0.2) is 24.7 Å². The fraction of sp³-hybridized carbons (Fsp3) is 0.455. The molecule has 2 heterocycles. The molecule has 1 aliphatic heterocycles. The molecule has 0 radical (unpaired) electrons. The van der Waals surface area contributed by atoms with Crippen LogP contribution in [0.2, 0.25) is 0 Å². The molecule has 1 N–H and O–H groups in total. The molecule has 0 bridgehead atoms. The maximum atomic E-state index is 8.83. The van der Waals surface area contributed by atoms with Crippen molar-refractivity contribution < 1.29 is 4.74 Å². The minimum atomic E-state index is 0.455. The molecular formula is C11H13N3O. The van der Waals surface area contributed by atoms with Gasteiger partial charge >= 0.3 is 0 Å². The summed E-state index contributed by atoms with van der Waals surface area (Å²) in [6.45, 7) is 2.51. The van der Waals surface area contributed by atoms with Gasteiger partial charge in [0.05, 0.1) is 12.3 Å². The number of nitriles is 1. The van der Waals surface area contributed by atoms with E-state index in [0.717, 1.165) is 31.9 Å². The number of rotatable bonds is 3. The van der Waals surface area contributed by atoms with E-state index in [1.165, 1.54) is 0 Å². The number of nitrogens with one attached hydrogen (secondary N) is 1. The van der Waals surface area contributed by atoms with Crippen LogP contribution in [-0.2, 0) is 4.74 Å². The SMILES string of the molecule is N#Cc1ncccc1NCC1CCOC1. The molecule has 4 heteroatoms. The molecule has 1 aliphatic rings. The molecule has 0 aromatic carbocycles. The Morgan fingerprint density at radius 3 is 3.33 bits per heavy atom. The predicted molar refractivity (Wildman–Crippen MR) is 56.4 cm³/mol. The number of pyridine rings is 1. The fourth-order valence-corrected chi connectivity index (χ4v) is 1.64. The number of aromatic nitrogens is 1. The Bertz CT molecular complexity index is 366. The van der Waals surface area contributed by atoms with Crippen LogP contribution < -0.4 is 5.32 Å². The molecular weight excluding hydrogens is 190 g/mol. The van der Waals surface area contributed by atoms with E-state index >= 15 is 0 Å². The summed E-state index contributed by atoms with van der Waals surface area (Å²) in [7, 11) is 0. The van der Waals surface area contributed by atoms with Crippen molar-refractivity contribution in [2.24, 2.45) is 5.92 Å². The van der Waals surface area contributed by atoms with Crippen molar-refractivity contribution in [2.75, 3.05) is 25.1 Å². The van der Waals surface area contributed by atoms with Crippen LogP contribution in [0.4, 0.5) is 5.69 Å². The molecule has 1 aromatic rings. The molecule has 1 aromatic heterocycles. The highest BCUT2D eigenvalue weighted by molar-refractivity contribution is 5.53. The van der Waals surface area contributed by atoms with E-state index in [2.05, 4.69) is 16.4 Å². The first-order valence-corrected chi connectivity index (χ1v) is 5.07. The Hall–Kier alpha value is -1.60. The quantitative estimate of drug-likeness (QED) is 0.806. The van der Waals surface area contributed by atoms with Crippen molar-refractivity contribution in [2.45, 2.75) is 6.42 Å². The first-order chi connectivity index (χ1) is 7.40. The summed E-state index contributed by atoms with van der Waals surface area (Å²) in [5.74, 6) is 0.553. The zero-order chi connectivity index (χ0) is 10.5. The van der Waals surface area contributed by atoms with E-state index in [-0.39, 0.29) is 0 Å². The lowest BCUT2D eigenvalue weighted by Gasteiger charge is -2.10. The molecule has 0 amide bonds. The Kier molecular flexibility index (Phi) is 3.15. The molecule has 1 fully saturated rings. The van der Waals surface area contributed by atoms with Crippen LogP contribution in [0, 0.1) is 17.2 Å². The smallest absolute Gasteiger partial charge is 0.163 e. The second-order valence-electron chi connectivity index (χ2n) is 3.62. The summed E-state index contributed by atoms with van der Waals surface area (Å²) in [5.41, 5.74) is 1.27. The van der Waals surface area contributed by atoms with Gasteiger partial charge in [-0.05, 0) is 18.6 Å². The molecule has 15 heavy (non-hydrogen) atoms. The summed E-state index contributed by atoms with van der Waals surface area (Å²) in [6.07, 6.45) is 2.72. The topological polar surface area (TPSA) is 57.9 Å². The number of anilines is 1. The monoisotopic (exact) mass is 203 g/mol. The third kappa shape index (κ3) is 2.45. The highest BCUT2D eigenvalue weighted by Crippen LogP contribution is 2.15. The average Bonchev–Trinajstić information content (AvgIpc) is 2.79. The average molecular weight is 203 g/mol. The third-order valence-corrected chi connectivity index (χ3v) is 2.52. The Morgan fingerprint density at radius 1 is 1.67 bits per heavy atom. The Labute approximate surface area is 88.9 Å². The zero-order valence-corrected chi connectivity index (χ0v) is 8.44. The van der Waals surface area contributed by atoms with Crippen LogP contribution in [0.25, 0.3) is 0 Å². The van der Waals surface area contributed by atoms with E-state index in [1.54, 1.807) is 6.20 Å². The second-order valence-corrected chi connectivity index (χ2v) is 3.62. The van der Waals surface area contributed by atoms with E-state index in [9.17, 15) is 0 Å². The second kappa shape index (κ2) is 4.76. The van der Waals surface area contributed by atoms with Gasteiger partial charge in [0.2, 0.25) is 0 Å². The Morgan fingerprint density at radius 2 is 2.60 bits per heavy atom. The van der Waals surface area contributed by atoms with Gasteiger partial charge in [-0.3, -0.25) is 0 Å². The zero-order valence-electron chi connectivity index (χ0n) is 8.44. The lowest BCUT2D eigenvalue weighted by molar-refractivity contribution is 0.187. The van der Waals surface area contributed by atoms with Crippen LogP contribution in [0.3, 0.4) is 0 Å². The van der Waals surface area contributed by atoms with Gasteiger partial charge in [0.15, 0.2) is 5.69 Å². The molecule has 78 valence electrons. The van der Waals surface area contributed by atoms with Crippen molar-refractivity contribution in [3.05, 3.63) is 24.0 Å². The largest absolute Gasteiger partial charge is 0.382 e. The normalized spacial score (nSPS) is 19.8. The summed E-state index contributed by atoms with van der Waals surface area (Å²) < 4.78 is 5.28. The fourth-order valence-electron chi connectivity index (χ4n) is 1.64. The molecule has 4 nitrogen and oxygen atoms in total. The number of hydrogen-bond donors (Lipinski definition) is 1. The summed E-state index contributed by atoms with van der Waals surface area (Å²) in [4.78, 5) is 3.99. The van der Waals surface area contributed by atoms with Crippen molar-refractivity contribution in [1.82, 2.24) is 4.98 Å². The van der Waals surface area contributed by atoms with E-state index in [0.29, 0.717) is 11.6 Å². The first-order valence-electron chi connectivity index (χ1n) is 5.07. The van der Waals surface area contributed by atoms with Gasteiger partial charge in [0.25, 0.3) is 0 Å². The molecule has 0 spiro atoms. The van der Waals surface area contributed by atoms with Crippen molar-refractivity contribution in [1.29, 1.82) is 5.26 Å². The minimum absolute atomic E-state index is 0.455. The summed E-state index contributed by atoms with van der Waals surface area (Å²) in [6, 6.07) is 5.77. The minimum Gasteiger partial charge on any atom is -0.382 e. The van der Waals surface area contributed by atoms with Gasteiger partial charge < -0.3 is 10.1 Å². The number of nitrogens with zero attached hydrogens (tertiary/aromatic N) is 2. The summed E-state index contributed by atoms with van der Waals surface area (Å²) >= 11 is 0. The standard InChI is InChI=1S/C11H13N3O/c12-6-11-10(2-1-4-13-11)14-7-9-3-5-15-8-9/h1-2,4,9,14H,3,5,7-8H2. The predicted octanol–water partition coefficient (Wildman–Crippen LogP) is 1.40. The van der Waals surface area contributed by atoms with Gasteiger partial charge in [0.1, 0.15) is 6.07 Å². The molecule has 0 saturated carbocycles. The van der Waals surface area contributed by atoms with E-state index in [1.807, 2.05) is 12.1 Å². The van der Waals surface area contributed by atoms with Gasteiger partial charge in [-0.15, -0.1) is 0 Å². The van der Waals surface area contributed by atoms with Gasteiger partial charge in [-0.1, -0.05) is 0 Å². The van der Waals surface area contributed by atoms with Crippen molar-refractivity contribution >= 4 is 5.69 Å².